The highest BCUT2D eigenvalue weighted by molar-refractivity contribution is 5.75. The van der Waals surface area contributed by atoms with Gasteiger partial charge in [-0.3, -0.25) is 4.90 Å². The van der Waals surface area contributed by atoms with E-state index in [1.807, 2.05) is 0 Å². The van der Waals surface area contributed by atoms with E-state index in [2.05, 4.69) is 34.3 Å². The van der Waals surface area contributed by atoms with Crippen LogP contribution < -0.4 is 10.2 Å². The standard InChI is InChI=1S/C14H19N3/c1-16-8-10-5-13-14(6-11(10)9-16)17-4-2-3-12(17)7-15-13/h5-6,12,15H,2-4,7-9H2,1H3. The summed E-state index contributed by atoms with van der Waals surface area (Å²) >= 11 is 0. The van der Waals surface area contributed by atoms with Gasteiger partial charge in [0.25, 0.3) is 0 Å². The van der Waals surface area contributed by atoms with Crippen LogP contribution in [0, 0.1) is 0 Å². The summed E-state index contributed by atoms with van der Waals surface area (Å²) in [4.78, 5) is 5.00. The summed E-state index contributed by atoms with van der Waals surface area (Å²) in [5.41, 5.74) is 5.85. The van der Waals surface area contributed by atoms with Gasteiger partial charge in [-0.1, -0.05) is 0 Å². The van der Waals surface area contributed by atoms with Crippen molar-refractivity contribution in [2.45, 2.75) is 32.0 Å². The molecule has 0 aromatic heterocycles. The lowest BCUT2D eigenvalue weighted by atomic mass is 10.0. The molecule has 3 nitrogen and oxygen atoms in total. The quantitative estimate of drug-likeness (QED) is 0.734. The van der Waals surface area contributed by atoms with E-state index in [1.165, 1.54) is 41.9 Å². The molecule has 90 valence electrons. The molecule has 1 aromatic carbocycles. The summed E-state index contributed by atoms with van der Waals surface area (Å²) in [5, 5.41) is 3.62. The van der Waals surface area contributed by atoms with Crippen LogP contribution in [0.2, 0.25) is 0 Å². The molecule has 3 aliphatic heterocycles. The SMILES string of the molecule is CN1Cc2cc3c(cc2C1)N1CCCC1CN3. The predicted octanol–water partition coefficient (Wildman–Crippen LogP) is 2.03. The van der Waals surface area contributed by atoms with Crippen molar-refractivity contribution in [1.82, 2.24) is 4.90 Å². The summed E-state index contributed by atoms with van der Waals surface area (Å²) < 4.78 is 0. The largest absolute Gasteiger partial charge is 0.381 e. The molecule has 17 heavy (non-hydrogen) atoms. The van der Waals surface area contributed by atoms with E-state index in [1.54, 1.807) is 0 Å². The molecule has 1 atom stereocenters. The highest BCUT2D eigenvalue weighted by atomic mass is 15.2. The van der Waals surface area contributed by atoms with Gasteiger partial charge in [-0.25, -0.2) is 0 Å². The fourth-order valence-corrected chi connectivity index (χ4v) is 3.58. The maximum atomic E-state index is 3.62. The van der Waals surface area contributed by atoms with Gasteiger partial charge >= 0.3 is 0 Å². The molecule has 1 unspecified atom stereocenters. The van der Waals surface area contributed by atoms with E-state index >= 15 is 0 Å². The number of anilines is 2. The maximum absolute atomic E-state index is 3.62. The molecule has 1 saturated heterocycles. The second kappa shape index (κ2) is 3.39. The molecule has 1 fully saturated rings. The molecule has 0 aliphatic carbocycles. The van der Waals surface area contributed by atoms with E-state index in [-0.39, 0.29) is 0 Å². The highest BCUT2D eigenvalue weighted by Crippen LogP contribution is 2.39. The fourth-order valence-electron chi connectivity index (χ4n) is 3.58. The first-order valence-electron chi connectivity index (χ1n) is 6.66. The topological polar surface area (TPSA) is 18.5 Å². The highest BCUT2D eigenvalue weighted by Gasteiger charge is 2.31. The lowest BCUT2D eigenvalue weighted by Gasteiger charge is -2.35. The minimum atomic E-state index is 0.736. The molecule has 1 N–H and O–H groups in total. The Hall–Kier alpha value is -1.22. The third-order valence-electron chi connectivity index (χ3n) is 4.41. The van der Waals surface area contributed by atoms with Crippen LogP contribution in [-0.4, -0.2) is 31.1 Å². The second-order valence-electron chi connectivity index (χ2n) is 5.68. The van der Waals surface area contributed by atoms with Crippen LogP contribution in [0.5, 0.6) is 0 Å². The van der Waals surface area contributed by atoms with Crippen molar-refractivity contribution in [3.63, 3.8) is 0 Å². The average molecular weight is 229 g/mol. The van der Waals surface area contributed by atoms with E-state index in [0.717, 1.165) is 25.7 Å². The van der Waals surface area contributed by atoms with Crippen molar-refractivity contribution in [3.8, 4) is 0 Å². The summed E-state index contributed by atoms with van der Waals surface area (Å²) in [6.07, 6.45) is 2.70. The molecular formula is C14H19N3. The van der Waals surface area contributed by atoms with Crippen LogP contribution in [0.1, 0.15) is 24.0 Å². The zero-order chi connectivity index (χ0) is 11.4. The Balaban J connectivity index is 1.80. The molecule has 3 heterocycles. The Morgan fingerprint density at radius 3 is 2.94 bits per heavy atom. The average Bonchev–Trinajstić information content (AvgIpc) is 2.89. The Labute approximate surface area is 102 Å². The molecule has 3 aliphatic rings. The van der Waals surface area contributed by atoms with Crippen molar-refractivity contribution in [3.05, 3.63) is 23.3 Å². The number of nitrogens with zero attached hydrogens (tertiary/aromatic N) is 2. The minimum absolute atomic E-state index is 0.736. The molecule has 0 bridgehead atoms. The van der Waals surface area contributed by atoms with Gasteiger partial charge in [0.05, 0.1) is 11.4 Å². The lowest BCUT2D eigenvalue weighted by Crippen LogP contribution is -2.39. The molecule has 0 spiro atoms. The van der Waals surface area contributed by atoms with Crippen LogP contribution >= 0.6 is 0 Å². The van der Waals surface area contributed by atoms with E-state index in [0.29, 0.717) is 0 Å². The molecule has 0 radical (unpaired) electrons. The second-order valence-corrected chi connectivity index (χ2v) is 5.68. The smallest absolute Gasteiger partial charge is 0.0608 e. The van der Waals surface area contributed by atoms with Crippen LogP contribution in [-0.2, 0) is 13.1 Å². The third kappa shape index (κ3) is 1.38. The van der Waals surface area contributed by atoms with E-state index < -0.39 is 0 Å². The molecule has 4 rings (SSSR count). The summed E-state index contributed by atoms with van der Waals surface area (Å²) in [5.74, 6) is 0. The Kier molecular flexibility index (Phi) is 1.95. The Bertz CT molecular complexity index is 469. The normalized spacial score (nSPS) is 26.4. The van der Waals surface area contributed by atoms with Crippen LogP contribution in [0.25, 0.3) is 0 Å². The van der Waals surface area contributed by atoms with Crippen molar-refractivity contribution in [2.24, 2.45) is 0 Å². The predicted molar refractivity (Wildman–Crippen MR) is 70.5 cm³/mol. The third-order valence-corrected chi connectivity index (χ3v) is 4.41. The number of hydrogen-bond acceptors (Lipinski definition) is 3. The van der Waals surface area contributed by atoms with Crippen molar-refractivity contribution in [2.75, 3.05) is 30.4 Å². The van der Waals surface area contributed by atoms with E-state index in [4.69, 9.17) is 0 Å². The Morgan fingerprint density at radius 1 is 1.24 bits per heavy atom. The van der Waals surface area contributed by atoms with Gasteiger partial charge in [-0.2, -0.15) is 0 Å². The zero-order valence-corrected chi connectivity index (χ0v) is 10.4. The van der Waals surface area contributed by atoms with Crippen LogP contribution in [0.4, 0.5) is 11.4 Å². The number of hydrogen-bond donors (Lipinski definition) is 1. The molecule has 0 saturated carbocycles. The van der Waals surface area contributed by atoms with Gasteiger partial charge in [0, 0.05) is 32.2 Å². The van der Waals surface area contributed by atoms with Gasteiger partial charge in [0.1, 0.15) is 0 Å². The zero-order valence-electron chi connectivity index (χ0n) is 10.4. The van der Waals surface area contributed by atoms with E-state index in [9.17, 15) is 0 Å². The van der Waals surface area contributed by atoms with Gasteiger partial charge in [0.15, 0.2) is 0 Å². The van der Waals surface area contributed by atoms with Crippen molar-refractivity contribution >= 4 is 11.4 Å². The number of benzene rings is 1. The Morgan fingerprint density at radius 2 is 2.06 bits per heavy atom. The minimum Gasteiger partial charge on any atom is -0.381 e. The van der Waals surface area contributed by atoms with Crippen LogP contribution in [0.15, 0.2) is 12.1 Å². The lowest BCUT2D eigenvalue weighted by molar-refractivity contribution is 0.353. The first-order valence-corrected chi connectivity index (χ1v) is 6.66. The molecule has 0 amide bonds. The fraction of sp³-hybridized carbons (Fsp3) is 0.571. The van der Waals surface area contributed by atoms with Crippen LogP contribution in [0.3, 0.4) is 0 Å². The van der Waals surface area contributed by atoms with Gasteiger partial charge in [-0.05, 0) is 43.1 Å². The first-order chi connectivity index (χ1) is 8.31. The summed E-state index contributed by atoms with van der Waals surface area (Å²) in [6.45, 7) is 4.59. The summed E-state index contributed by atoms with van der Waals surface area (Å²) in [6, 6.07) is 5.54. The number of nitrogens with one attached hydrogen (secondary N) is 1. The van der Waals surface area contributed by atoms with Gasteiger partial charge in [0.2, 0.25) is 0 Å². The monoisotopic (exact) mass is 229 g/mol. The first kappa shape index (κ1) is 9.77. The van der Waals surface area contributed by atoms with Gasteiger partial charge < -0.3 is 10.2 Å². The van der Waals surface area contributed by atoms with Crippen molar-refractivity contribution < 1.29 is 0 Å². The molecule has 3 heteroatoms. The van der Waals surface area contributed by atoms with Gasteiger partial charge in [-0.15, -0.1) is 0 Å². The molecular weight excluding hydrogens is 210 g/mol. The van der Waals surface area contributed by atoms with Crippen molar-refractivity contribution in [1.29, 1.82) is 0 Å². The molecule has 1 aromatic rings. The maximum Gasteiger partial charge on any atom is 0.0608 e. The summed E-state index contributed by atoms with van der Waals surface area (Å²) in [7, 11) is 2.20. The number of rotatable bonds is 0. The number of fused-ring (bicyclic) bond motifs is 4.